The van der Waals surface area contributed by atoms with Crippen molar-refractivity contribution in [3.63, 3.8) is 0 Å². The van der Waals surface area contributed by atoms with Crippen molar-refractivity contribution in [1.29, 1.82) is 0 Å². The topological polar surface area (TPSA) is 72.5 Å². The van der Waals surface area contributed by atoms with Crippen LogP contribution in [0.4, 0.5) is 0 Å². The maximum atomic E-state index is 12.7. The molecule has 1 aliphatic rings. The molecule has 0 aromatic heterocycles. The molecule has 122 valence electrons. The van der Waals surface area contributed by atoms with E-state index in [-0.39, 0.29) is 0 Å². The van der Waals surface area contributed by atoms with Gasteiger partial charge in [-0.05, 0) is 42.0 Å². The number of benzene rings is 2. The molecule has 0 bridgehead atoms. The largest absolute Gasteiger partial charge is 0.497 e. The van der Waals surface area contributed by atoms with Crippen molar-refractivity contribution in [2.24, 2.45) is 5.92 Å². The molecule has 24 heavy (non-hydrogen) atoms. The molecule has 2 atom stereocenters. The Balaban J connectivity index is 1.95. The molecule has 1 aliphatic heterocycles. The lowest BCUT2D eigenvalue weighted by Crippen LogP contribution is -2.26. The number of Topliss-reactive ketones (excluding diaryl/α,β-unsaturated/α-hetero) is 2. The van der Waals surface area contributed by atoms with Crippen LogP contribution < -0.4 is 10.1 Å². The van der Waals surface area contributed by atoms with Gasteiger partial charge in [-0.25, -0.2) is 0 Å². The number of methoxy groups -OCH3 is 1. The third-order valence-electron chi connectivity index (χ3n) is 4.01. The van der Waals surface area contributed by atoms with Crippen LogP contribution in [0, 0.1) is 5.92 Å². The molecule has 1 fully saturated rings. The second-order valence-corrected chi connectivity index (χ2v) is 5.87. The molecule has 6 heteroatoms. The number of amides is 1. The van der Waals surface area contributed by atoms with Crippen LogP contribution in [0.25, 0.3) is 0 Å². The maximum Gasteiger partial charge on any atom is 0.288 e. The molecule has 0 aliphatic carbocycles. The number of hydrogen-bond acceptors (Lipinski definition) is 4. The van der Waals surface area contributed by atoms with Crippen LogP contribution >= 0.6 is 11.6 Å². The number of hydrogen-bond donors (Lipinski definition) is 1. The highest BCUT2D eigenvalue weighted by Crippen LogP contribution is 2.32. The molecule has 1 saturated heterocycles. The first-order valence-electron chi connectivity index (χ1n) is 7.29. The second-order valence-electron chi connectivity index (χ2n) is 5.44. The summed E-state index contributed by atoms with van der Waals surface area (Å²) in [6, 6.07) is 12.4. The smallest absolute Gasteiger partial charge is 0.288 e. The highest BCUT2D eigenvalue weighted by Gasteiger charge is 2.46. The van der Waals surface area contributed by atoms with Crippen molar-refractivity contribution in [3.8, 4) is 5.75 Å². The van der Waals surface area contributed by atoms with E-state index in [4.69, 9.17) is 16.3 Å². The number of carbonyl (C=O) groups excluding carboxylic acids is 3. The van der Waals surface area contributed by atoms with E-state index in [1.54, 1.807) is 55.6 Å². The molecule has 1 heterocycles. The molecule has 0 spiro atoms. The van der Waals surface area contributed by atoms with Gasteiger partial charge in [0.15, 0.2) is 5.78 Å². The zero-order chi connectivity index (χ0) is 17.3. The summed E-state index contributed by atoms with van der Waals surface area (Å²) in [5, 5.41) is 3.08. The molecule has 0 unspecified atom stereocenters. The summed E-state index contributed by atoms with van der Waals surface area (Å²) in [5.74, 6) is -2.32. The van der Waals surface area contributed by atoms with Crippen LogP contribution in [0.2, 0.25) is 5.02 Å². The Hall–Kier alpha value is -2.66. The van der Waals surface area contributed by atoms with Gasteiger partial charge in [0.1, 0.15) is 11.7 Å². The monoisotopic (exact) mass is 343 g/mol. The number of ether oxygens (including phenoxy) is 1. The molecule has 2 aromatic rings. The Kier molecular flexibility index (Phi) is 4.36. The van der Waals surface area contributed by atoms with E-state index in [2.05, 4.69) is 5.32 Å². The molecule has 1 amide bonds. The van der Waals surface area contributed by atoms with Crippen molar-refractivity contribution in [1.82, 2.24) is 5.32 Å². The highest BCUT2D eigenvalue weighted by atomic mass is 35.5. The molecule has 3 rings (SSSR count). The Morgan fingerprint density at radius 2 is 1.67 bits per heavy atom. The molecular formula is C18H14ClNO4. The minimum absolute atomic E-state index is 0.341. The van der Waals surface area contributed by atoms with E-state index in [0.717, 1.165) is 0 Å². The normalized spacial score (nSPS) is 19.9. The highest BCUT2D eigenvalue weighted by molar-refractivity contribution is 6.44. The van der Waals surface area contributed by atoms with Gasteiger partial charge in [-0.1, -0.05) is 23.7 Å². The number of ketones is 2. The third kappa shape index (κ3) is 2.90. The van der Waals surface area contributed by atoms with Gasteiger partial charge in [0.25, 0.3) is 5.91 Å². The number of nitrogens with one attached hydrogen (secondary N) is 1. The fourth-order valence-corrected chi connectivity index (χ4v) is 2.87. The van der Waals surface area contributed by atoms with Crippen LogP contribution in [0.5, 0.6) is 5.75 Å². The van der Waals surface area contributed by atoms with E-state index < -0.39 is 29.4 Å². The average molecular weight is 344 g/mol. The Bertz CT molecular complexity index is 799. The van der Waals surface area contributed by atoms with Crippen molar-refractivity contribution in [3.05, 3.63) is 64.7 Å². The van der Waals surface area contributed by atoms with Crippen molar-refractivity contribution in [2.75, 3.05) is 7.11 Å². The summed E-state index contributed by atoms with van der Waals surface area (Å²) in [6.45, 7) is 0. The van der Waals surface area contributed by atoms with Gasteiger partial charge in [-0.3, -0.25) is 14.4 Å². The minimum atomic E-state index is -1.09. The fourth-order valence-electron chi connectivity index (χ4n) is 2.74. The lowest BCUT2D eigenvalue weighted by atomic mass is 9.86. The Morgan fingerprint density at radius 1 is 1.04 bits per heavy atom. The standard InChI is InChI=1S/C18H14ClNO4/c1-24-13-8-4-10(5-9-13)15-14(17(22)18(23)20-15)16(21)11-2-6-12(19)7-3-11/h2-9,14-15H,1H3,(H,20,23)/t14-,15+/m1/s1. The van der Waals surface area contributed by atoms with Crippen LogP contribution in [0.3, 0.4) is 0 Å². The lowest BCUT2D eigenvalue weighted by molar-refractivity contribution is -0.135. The van der Waals surface area contributed by atoms with Crippen LogP contribution in [0.15, 0.2) is 48.5 Å². The third-order valence-corrected chi connectivity index (χ3v) is 4.26. The van der Waals surface area contributed by atoms with Gasteiger partial charge in [-0.15, -0.1) is 0 Å². The fraction of sp³-hybridized carbons (Fsp3) is 0.167. The summed E-state index contributed by atoms with van der Waals surface area (Å²) in [5.41, 5.74) is 1.01. The molecule has 2 aromatic carbocycles. The van der Waals surface area contributed by atoms with Crippen LogP contribution in [0.1, 0.15) is 22.0 Å². The summed E-state index contributed by atoms with van der Waals surface area (Å²) >= 11 is 5.82. The lowest BCUT2D eigenvalue weighted by Gasteiger charge is -2.17. The first kappa shape index (κ1) is 16.2. The van der Waals surface area contributed by atoms with Crippen molar-refractivity contribution in [2.45, 2.75) is 6.04 Å². The molecular weight excluding hydrogens is 330 g/mol. The summed E-state index contributed by atoms with van der Waals surface area (Å²) in [4.78, 5) is 36.8. The molecule has 5 nitrogen and oxygen atoms in total. The van der Waals surface area contributed by atoms with E-state index >= 15 is 0 Å². The minimum Gasteiger partial charge on any atom is -0.497 e. The zero-order valence-electron chi connectivity index (χ0n) is 12.8. The summed E-state index contributed by atoms with van der Waals surface area (Å²) in [6.07, 6.45) is 0. The Morgan fingerprint density at radius 3 is 2.25 bits per heavy atom. The van der Waals surface area contributed by atoms with Crippen LogP contribution in [-0.2, 0) is 9.59 Å². The number of carbonyl (C=O) groups is 3. The first-order valence-corrected chi connectivity index (χ1v) is 7.67. The van der Waals surface area contributed by atoms with Gasteiger partial charge in [0.2, 0.25) is 5.78 Å². The van der Waals surface area contributed by atoms with Crippen LogP contribution in [-0.4, -0.2) is 24.6 Å². The number of rotatable bonds is 4. The SMILES string of the molecule is COc1ccc([C@@H]2NC(=O)C(=O)[C@H]2C(=O)c2ccc(Cl)cc2)cc1. The Labute approximate surface area is 143 Å². The zero-order valence-corrected chi connectivity index (χ0v) is 13.5. The predicted octanol–water partition coefficient (Wildman–Crippen LogP) is 2.59. The molecule has 0 radical (unpaired) electrons. The van der Waals surface area contributed by atoms with Gasteiger partial charge in [0.05, 0.1) is 13.2 Å². The predicted molar refractivity (Wildman–Crippen MR) is 88.2 cm³/mol. The quantitative estimate of drug-likeness (QED) is 0.526. The number of halogens is 1. The van der Waals surface area contributed by atoms with Gasteiger partial charge >= 0.3 is 0 Å². The average Bonchev–Trinajstić information content (AvgIpc) is 2.90. The maximum absolute atomic E-state index is 12.7. The molecule has 1 N–H and O–H groups in total. The van der Waals surface area contributed by atoms with E-state index in [0.29, 0.717) is 21.9 Å². The van der Waals surface area contributed by atoms with Crippen molar-refractivity contribution < 1.29 is 19.1 Å². The van der Waals surface area contributed by atoms with Crippen molar-refractivity contribution >= 4 is 29.1 Å². The second kappa shape index (κ2) is 6.45. The van der Waals surface area contributed by atoms with Gasteiger partial charge in [0, 0.05) is 10.6 Å². The van der Waals surface area contributed by atoms with E-state index in [1.165, 1.54) is 0 Å². The molecule has 0 saturated carbocycles. The van der Waals surface area contributed by atoms with Gasteiger partial charge in [-0.2, -0.15) is 0 Å². The van der Waals surface area contributed by atoms with E-state index in [1.807, 2.05) is 0 Å². The van der Waals surface area contributed by atoms with E-state index in [9.17, 15) is 14.4 Å². The first-order chi connectivity index (χ1) is 11.5. The summed E-state index contributed by atoms with van der Waals surface area (Å²) < 4.78 is 5.10. The van der Waals surface area contributed by atoms with Gasteiger partial charge < -0.3 is 10.1 Å². The summed E-state index contributed by atoms with van der Waals surface area (Å²) in [7, 11) is 1.54.